The van der Waals surface area contributed by atoms with Gasteiger partial charge in [-0.2, -0.15) is 5.26 Å². The van der Waals surface area contributed by atoms with Crippen LogP contribution in [0.4, 0.5) is 5.69 Å². The van der Waals surface area contributed by atoms with Gasteiger partial charge in [-0.15, -0.1) is 10.2 Å². The second-order valence-electron chi connectivity index (χ2n) is 3.89. The fraction of sp³-hybridized carbons (Fsp3) is 0.231. The molecule has 1 aromatic heterocycles. The highest BCUT2D eigenvalue weighted by atomic mass is 32.2. The van der Waals surface area contributed by atoms with E-state index in [9.17, 15) is 4.79 Å². The standard InChI is InChI=1S/C13H12N4OS2/c14-8-10-3-5-11(6-4-10)16-12(18)2-1-7-19-13-17-15-9-20-13/h3-6,9H,1-2,7H2,(H,16,18). The molecule has 0 saturated heterocycles. The molecule has 1 heterocycles. The Kier molecular flexibility index (Phi) is 5.53. The number of nitrogens with zero attached hydrogens (tertiary/aromatic N) is 3. The van der Waals surface area contributed by atoms with Crippen molar-refractivity contribution >= 4 is 34.7 Å². The number of rotatable bonds is 6. The van der Waals surface area contributed by atoms with Crippen molar-refractivity contribution in [3.05, 3.63) is 35.3 Å². The van der Waals surface area contributed by atoms with Crippen LogP contribution in [0.3, 0.4) is 0 Å². The van der Waals surface area contributed by atoms with E-state index in [1.807, 2.05) is 6.07 Å². The minimum absolute atomic E-state index is 0.0208. The first kappa shape index (κ1) is 14.5. The Hall–Kier alpha value is -1.91. The van der Waals surface area contributed by atoms with Gasteiger partial charge in [0.15, 0.2) is 4.34 Å². The molecular weight excluding hydrogens is 292 g/mol. The Bertz CT molecular complexity index is 590. The first-order valence-electron chi connectivity index (χ1n) is 5.97. The van der Waals surface area contributed by atoms with E-state index in [1.54, 1.807) is 41.5 Å². The topological polar surface area (TPSA) is 78.7 Å². The summed E-state index contributed by atoms with van der Waals surface area (Å²) in [4.78, 5) is 11.7. The van der Waals surface area contributed by atoms with E-state index in [0.29, 0.717) is 17.7 Å². The maximum absolute atomic E-state index is 11.7. The normalized spacial score (nSPS) is 9.95. The number of anilines is 1. The third-order valence-corrected chi connectivity index (χ3v) is 4.36. The minimum Gasteiger partial charge on any atom is -0.326 e. The second-order valence-corrected chi connectivity index (χ2v) is 6.07. The Labute approximate surface area is 125 Å². The monoisotopic (exact) mass is 304 g/mol. The van der Waals surface area contributed by atoms with Crippen LogP contribution >= 0.6 is 23.1 Å². The summed E-state index contributed by atoms with van der Waals surface area (Å²) >= 11 is 3.11. The molecular formula is C13H12N4OS2. The van der Waals surface area contributed by atoms with Gasteiger partial charge in [0, 0.05) is 17.9 Å². The number of nitrogens with one attached hydrogen (secondary N) is 1. The number of carbonyl (C=O) groups is 1. The molecule has 1 N–H and O–H groups in total. The maximum Gasteiger partial charge on any atom is 0.224 e. The van der Waals surface area contributed by atoms with Crippen LogP contribution in [-0.4, -0.2) is 21.9 Å². The van der Waals surface area contributed by atoms with Gasteiger partial charge in [0.2, 0.25) is 5.91 Å². The van der Waals surface area contributed by atoms with Gasteiger partial charge >= 0.3 is 0 Å². The molecule has 0 aliphatic carbocycles. The van der Waals surface area contributed by atoms with Gasteiger partial charge in [-0.25, -0.2) is 0 Å². The molecule has 2 rings (SSSR count). The number of benzene rings is 1. The SMILES string of the molecule is N#Cc1ccc(NC(=O)CCCSc2nncs2)cc1. The summed E-state index contributed by atoms with van der Waals surface area (Å²) in [5.74, 6) is 0.822. The van der Waals surface area contributed by atoms with Gasteiger partial charge in [-0.1, -0.05) is 23.1 Å². The number of hydrogen-bond acceptors (Lipinski definition) is 6. The number of aromatic nitrogens is 2. The zero-order valence-electron chi connectivity index (χ0n) is 10.6. The van der Waals surface area contributed by atoms with Crippen molar-refractivity contribution < 1.29 is 4.79 Å². The third-order valence-electron chi connectivity index (χ3n) is 2.41. The largest absolute Gasteiger partial charge is 0.326 e. The molecule has 0 spiro atoms. The Balaban J connectivity index is 1.68. The Morgan fingerprint density at radius 3 is 2.85 bits per heavy atom. The molecule has 20 heavy (non-hydrogen) atoms. The van der Waals surface area contributed by atoms with Crippen molar-refractivity contribution in [3.8, 4) is 6.07 Å². The molecule has 2 aromatic rings. The molecule has 102 valence electrons. The molecule has 0 unspecified atom stereocenters. The lowest BCUT2D eigenvalue weighted by Gasteiger charge is -2.04. The van der Waals surface area contributed by atoms with E-state index in [4.69, 9.17) is 5.26 Å². The van der Waals surface area contributed by atoms with Crippen molar-refractivity contribution in [2.75, 3.05) is 11.1 Å². The van der Waals surface area contributed by atoms with E-state index < -0.39 is 0 Å². The van der Waals surface area contributed by atoms with Gasteiger partial charge in [-0.05, 0) is 30.7 Å². The van der Waals surface area contributed by atoms with Crippen LogP contribution in [0.15, 0.2) is 34.1 Å². The predicted molar refractivity (Wildman–Crippen MR) is 79.7 cm³/mol. The van der Waals surface area contributed by atoms with Crippen molar-refractivity contribution in [3.63, 3.8) is 0 Å². The molecule has 5 nitrogen and oxygen atoms in total. The van der Waals surface area contributed by atoms with Gasteiger partial charge < -0.3 is 5.32 Å². The number of nitriles is 1. The van der Waals surface area contributed by atoms with E-state index in [0.717, 1.165) is 16.5 Å². The van der Waals surface area contributed by atoms with Crippen LogP contribution in [-0.2, 0) is 4.79 Å². The van der Waals surface area contributed by atoms with Gasteiger partial charge in [-0.3, -0.25) is 4.79 Å². The number of amides is 1. The van der Waals surface area contributed by atoms with Crippen molar-refractivity contribution in [2.24, 2.45) is 0 Å². The van der Waals surface area contributed by atoms with Crippen LogP contribution in [0.1, 0.15) is 18.4 Å². The average molecular weight is 304 g/mol. The van der Waals surface area contributed by atoms with Crippen LogP contribution in [0, 0.1) is 11.3 Å². The van der Waals surface area contributed by atoms with Crippen LogP contribution in [0.5, 0.6) is 0 Å². The summed E-state index contributed by atoms with van der Waals surface area (Å²) in [7, 11) is 0. The minimum atomic E-state index is -0.0208. The summed E-state index contributed by atoms with van der Waals surface area (Å²) in [6, 6.07) is 8.86. The van der Waals surface area contributed by atoms with E-state index >= 15 is 0 Å². The summed E-state index contributed by atoms with van der Waals surface area (Å²) in [5.41, 5.74) is 2.99. The highest BCUT2D eigenvalue weighted by Gasteiger charge is 2.03. The molecule has 1 aromatic carbocycles. The van der Waals surface area contributed by atoms with E-state index in [1.165, 1.54) is 11.3 Å². The van der Waals surface area contributed by atoms with Gasteiger partial charge in [0.05, 0.1) is 11.6 Å². The lowest BCUT2D eigenvalue weighted by atomic mass is 10.2. The molecule has 0 atom stereocenters. The summed E-state index contributed by atoms with van der Waals surface area (Å²) in [6.45, 7) is 0. The van der Waals surface area contributed by atoms with Crippen molar-refractivity contribution in [2.45, 2.75) is 17.2 Å². The Morgan fingerprint density at radius 1 is 1.40 bits per heavy atom. The lowest BCUT2D eigenvalue weighted by Crippen LogP contribution is -2.11. The molecule has 0 aliphatic rings. The zero-order valence-corrected chi connectivity index (χ0v) is 12.2. The molecule has 0 fully saturated rings. The highest BCUT2D eigenvalue weighted by molar-refractivity contribution is 8.00. The van der Waals surface area contributed by atoms with Crippen molar-refractivity contribution in [1.82, 2.24) is 10.2 Å². The average Bonchev–Trinajstić information content (AvgIpc) is 2.98. The van der Waals surface area contributed by atoms with Crippen LogP contribution in [0.25, 0.3) is 0 Å². The first-order valence-corrected chi connectivity index (χ1v) is 7.83. The number of carbonyl (C=O) groups excluding carboxylic acids is 1. The van der Waals surface area contributed by atoms with E-state index in [2.05, 4.69) is 15.5 Å². The molecule has 0 radical (unpaired) electrons. The maximum atomic E-state index is 11.7. The molecule has 0 saturated carbocycles. The molecule has 7 heteroatoms. The smallest absolute Gasteiger partial charge is 0.224 e. The Morgan fingerprint density at radius 2 is 2.20 bits per heavy atom. The van der Waals surface area contributed by atoms with Crippen molar-refractivity contribution in [1.29, 1.82) is 5.26 Å². The third kappa shape index (κ3) is 4.64. The number of hydrogen-bond donors (Lipinski definition) is 1. The fourth-order valence-corrected chi connectivity index (χ4v) is 2.97. The van der Waals surface area contributed by atoms with Crippen LogP contribution < -0.4 is 5.32 Å². The molecule has 0 bridgehead atoms. The first-order chi connectivity index (χ1) is 9.78. The summed E-state index contributed by atoms with van der Waals surface area (Å²) in [6.07, 6.45) is 1.25. The highest BCUT2D eigenvalue weighted by Crippen LogP contribution is 2.20. The fourth-order valence-electron chi connectivity index (χ4n) is 1.47. The lowest BCUT2D eigenvalue weighted by molar-refractivity contribution is -0.116. The van der Waals surface area contributed by atoms with Crippen LogP contribution in [0.2, 0.25) is 0 Å². The van der Waals surface area contributed by atoms with Gasteiger partial charge in [0.25, 0.3) is 0 Å². The summed E-state index contributed by atoms with van der Waals surface area (Å²) in [5, 5.41) is 19.2. The second kappa shape index (κ2) is 7.62. The zero-order chi connectivity index (χ0) is 14.2. The molecule has 0 aliphatic heterocycles. The molecule has 1 amide bonds. The number of thioether (sulfide) groups is 1. The van der Waals surface area contributed by atoms with Gasteiger partial charge in [0.1, 0.15) is 5.51 Å². The quantitative estimate of drug-likeness (QED) is 0.655. The summed E-state index contributed by atoms with van der Waals surface area (Å²) < 4.78 is 0.928. The predicted octanol–water partition coefficient (Wildman–Crippen LogP) is 2.92. The van der Waals surface area contributed by atoms with E-state index in [-0.39, 0.29) is 5.91 Å².